The summed E-state index contributed by atoms with van der Waals surface area (Å²) in [4.78, 5) is 28.8. The van der Waals surface area contributed by atoms with Crippen molar-refractivity contribution in [1.29, 1.82) is 0 Å². The average Bonchev–Trinajstić information content (AvgIpc) is 2.51. The molecule has 26 heavy (non-hydrogen) atoms. The lowest BCUT2D eigenvalue weighted by Gasteiger charge is -2.61. The van der Waals surface area contributed by atoms with Crippen LogP contribution in [0.25, 0.3) is 0 Å². The molecule has 0 aromatic heterocycles. The second-order valence-electron chi connectivity index (χ2n) is 9.79. The molecule has 0 unspecified atom stereocenters. The number of rotatable bonds is 3. The van der Waals surface area contributed by atoms with E-state index in [-0.39, 0.29) is 11.8 Å². The Bertz CT molecular complexity index is 548. The van der Waals surface area contributed by atoms with E-state index in [0.717, 1.165) is 10.1 Å². The number of piperazine rings is 2. The van der Waals surface area contributed by atoms with Crippen LogP contribution in [0.2, 0.25) is 0 Å². The first-order valence-corrected chi connectivity index (χ1v) is 9.09. The van der Waals surface area contributed by atoms with Crippen LogP contribution in [0, 0.1) is 10.4 Å². The maximum Gasteiger partial charge on any atom is 0.241 e. The molecule has 0 aliphatic carbocycles. The Morgan fingerprint density at radius 2 is 0.962 bits per heavy atom. The fourth-order valence-corrected chi connectivity index (χ4v) is 4.27. The van der Waals surface area contributed by atoms with E-state index in [1.807, 2.05) is 27.7 Å². The fraction of sp³-hybridized carbons (Fsp3) is 0.889. The molecule has 0 atom stereocenters. The van der Waals surface area contributed by atoms with Gasteiger partial charge in [-0.15, -0.1) is 0 Å². The predicted molar refractivity (Wildman–Crippen MR) is 99.9 cm³/mol. The molecule has 2 fully saturated rings. The van der Waals surface area contributed by atoms with Gasteiger partial charge in [0.15, 0.2) is 0 Å². The second kappa shape index (κ2) is 6.15. The number of hydrogen-bond donors (Lipinski definition) is 0. The molecule has 150 valence electrons. The van der Waals surface area contributed by atoms with Crippen LogP contribution in [-0.2, 0) is 9.59 Å². The van der Waals surface area contributed by atoms with Crippen LogP contribution in [0.15, 0.2) is 0 Å². The van der Waals surface area contributed by atoms with Crippen LogP contribution in [0.1, 0.15) is 55.4 Å². The second-order valence-corrected chi connectivity index (χ2v) is 9.79. The molecule has 0 saturated carbocycles. The first kappa shape index (κ1) is 21.1. The summed E-state index contributed by atoms with van der Waals surface area (Å²) in [5, 5.41) is 26.6. The molecule has 0 aromatic rings. The highest BCUT2D eigenvalue weighted by atomic mass is 16.5. The normalized spacial score (nSPS) is 28.5. The fourth-order valence-electron chi connectivity index (χ4n) is 4.27. The SMILES string of the molecule is CC1(C)CN(CCN2CC(C)(C)N([O-])C(C)(C)C2=O)C(=O)C(C)(C)N1[O-]. The van der Waals surface area contributed by atoms with Crippen molar-refractivity contribution < 1.29 is 9.59 Å². The third-order valence-corrected chi connectivity index (χ3v) is 5.53. The Balaban J connectivity index is 2.15. The third-order valence-electron chi connectivity index (χ3n) is 5.53. The highest BCUT2D eigenvalue weighted by Gasteiger charge is 2.47. The van der Waals surface area contributed by atoms with E-state index >= 15 is 0 Å². The van der Waals surface area contributed by atoms with Gasteiger partial charge in [0.1, 0.15) is 0 Å². The van der Waals surface area contributed by atoms with E-state index in [4.69, 9.17) is 0 Å². The van der Waals surface area contributed by atoms with Crippen molar-refractivity contribution in [3.05, 3.63) is 10.4 Å². The number of carbonyl (C=O) groups excluding carboxylic acids is 2. The van der Waals surface area contributed by atoms with Crippen LogP contribution in [0.3, 0.4) is 0 Å². The number of hydroxylamine groups is 4. The van der Waals surface area contributed by atoms with Crippen LogP contribution < -0.4 is 0 Å². The molecule has 2 rings (SSSR count). The zero-order chi connectivity index (χ0) is 20.3. The Hall–Kier alpha value is -1.22. The van der Waals surface area contributed by atoms with Gasteiger partial charge in [-0.1, -0.05) is 0 Å². The average molecular weight is 368 g/mol. The largest absolute Gasteiger partial charge is 0.784 e. The van der Waals surface area contributed by atoms with Gasteiger partial charge in [0.2, 0.25) is 11.8 Å². The Morgan fingerprint density at radius 3 is 1.23 bits per heavy atom. The minimum Gasteiger partial charge on any atom is -0.784 e. The number of carbonyl (C=O) groups is 2. The van der Waals surface area contributed by atoms with E-state index in [1.165, 1.54) is 0 Å². The van der Waals surface area contributed by atoms with E-state index in [9.17, 15) is 20.0 Å². The van der Waals surface area contributed by atoms with Crippen molar-refractivity contribution in [2.24, 2.45) is 0 Å². The van der Waals surface area contributed by atoms with Gasteiger partial charge in [0, 0.05) is 37.3 Å². The van der Waals surface area contributed by atoms with E-state index in [0.29, 0.717) is 26.2 Å². The molecule has 2 aliphatic rings. The maximum absolute atomic E-state index is 12.7. The van der Waals surface area contributed by atoms with Gasteiger partial charge in [-0.3, -0.25) is 9.59 Å². The van der Waals surface area contributed by atoms with Crippen LogP contribution >= 0.6 is 0 Å². The Morgan fingerprint density at radius 1 is 0.692 bits per heavy atom. The predicted octanol–water partition coefficient (Wildman–Crippen LogP) is 1.38. The first-order valence-electron chi connectivity index (χ1n) is 9.09. The van der Waals surface area contributed by atoms with E-state index in [2.05, 4.69) is 0 Å². The quantitative estimate of drug-likeness (QED) is 0.747. The highest BCUT2D eigenvalue weighted by molar-refractivity contribution is 5.88. The summed E-state index contributed by atoms with van der Waals surface area (Å²) >= 11 is 0. The lowest BCUT2D eigenvalue weighted by Crippen LogP contribution is -2.71. The molecular weight excluding hydrogens is 336 g/mol. The topological polar surface area (TPSA) is 93.2 Å². The monoisotopic (exact) mass is 368 g/mol. The lowest BCUT2D eigenvalue weighted by atomic mass is 9.89. The van der Waals surface area contributed by atoms with Crippen molar-refractivity contribution in [1.82, 2.24) is 19.9 Å². The van der Waals surface area contributed by atoms with Crippen molar-refractivity contribution >= 4 is 11.8 Å². The minimum absolute atomic E-state index is 0.236. The first-order chi connectivity index (χ1) is 11.5. The van der Waals surface area contributed by atoms with E-state index in [1.54, 1.807) is 37.5 Å². The van der Waals surface area contributed by atoms with Gasteiger partial charge in [-0.05, 0) is 55.4 Å². The molecule has 0 N–H and O–H groups in total. The minimum atomic E-state index is -1.14. The zero-order valence-corrected chi connectivity index (χ0v) is 17.3. The molecule has 2 aliphatic heterocycles. The van der Waals surface area contributed by atoms with Crippen LogP contribution in [0.5, 0.6) is 0 Å². The van der Waals surface area contributed by atoms with Crippen LogP contribution in [-0.4, -0.2) is 80.1 Å². The van der Waals surface area contributed by atoms with E-state index < -0.39 is 22.2 Å². The summed E-state index contributed by atoms with van der Waals surface area (Å²) in [6.07, 6.45) is 0. The summed E-state index contributed by atoms with van der Waals surface area (Å²) in [5.74, 6) is -0.472. The van der Waals surface area contributed by atoms with Crippen molar-refractivity contribution in [3.63, 3.8) is 0 Å². The Labute approximate surface area is 156 Å². The number of amides is 2. The molecule has 8 heteroatoms. The molecule has 0 aromatic carbocycles. The van der Waals surface area contributed by atoms with Crippen molar-refractivity contribution in [2.75, 3.05) is 26.2 Å². The molecule has 2 heterocycles. The maximum atomic E-state index is 12.7. The molecule has 8 nitrogen and oxygen atoms in total. The van der Waals surface area contributed by atoms with Gasteiger partial charge in [-0.2, -0.15) is 0 Å². The van der Waals surface area contributed by atoms with Gasteiger partial charge < -0.3 is 30.3 Å². The molecular formula is C18H32N4O4-2. The van der Waals surface area contributed by atoms with Crippen molar-refractivity contribution in [3.8, 4) is 0 Å². The molecule has 0 radical (unpaired) electrons. The molecule has 0 spiro atoms. The molecule has 0 bridgehead atoms. The standard InChI is InChI=1S/C18H32N4O4/c1-15(2)11-19(13(23)17(5,6)21(15)25)9-10-20-12-16(3,4)22(26)18(7,8)14(20)24/h9-12H2,1-8H3/q-2. The molecule has 2 amide bonds. The van der Waals surface area contributed by atoms with Gasteiger partial charge >= 0.3 is 0 Å². The molecule has 2 saturated heterocycles. The summed E-state index contributed by atoms with van der Waals surface area (Å²) < 4.78 is 0. The summed E-state index contributed by atoms with van der Waals surface area (Å²) in [6.45, 7) is 15.1. The van der Waals surface area contributed by atoms with Gasteiger partial charge in [-0.25, -0.2) is 0 Å². The van der Waals surface area contributed by atoms with Crippen molar-refractivity contribution in [2.45, 2.75) is 77.5 Å². The summed E-state index contributed by atoms with van der Waals surface area (Å²) in [7, 11) is 0. The number of nitrogens with zero attached hydrogens (tertiary/aromatic N) is 4. The van der Waals surface area contributed by atoms with Crippen LogP contribution in [0.4, 0.5) is 0 Å². The lowest BCUT2D eigenvalue weighted by molar-refractivity contribution is -0.160. The highest BCUT2D eigenvalue weighted by Crippen LogP contribution is 2.34. The Kier molecular flexibility index (Phi) is 4.99. The number of hydrogen-bond acceptors (Lipinski definition) is 6. The smallest absolute Gasteiger partial charge is 0.241 e. The summed E-state index contributed by atoms with van der Waals surface area (Å²) in [6, 6.07) is 0. The zero-order valence-electron chi connectivity index (χ0n) is 17.3. The van der Waals surface area contributed by atoms with Gasteiger partial charge in [0.05, 0.1) is 11.1 Å². The summed E-state index contributed by atoms with van der Waals surface area (Å²) in [5.41, 5.74) is -3.68. The third kappa shape index (κ3) is 3.24. The van der Waals surface area contributed by atoms with Gasteiger partial charge in [0.25, 0.3) is 0 Å².